The van der Waals surface area contributed by atoms with Crippen LogP contribution in [0.25, 0.3) is 0 Å². The lowest BCUT2D eigenvalue weighted by Gasteiger charge is -1.97. The first-order chi connectivity index (χ1) is 4.86. The van der Waals surface area contributed by atoms with Crippen LogP contribution in [-0.4, -0.2) is 5.21 Å². The first-order valence-corrected chi connectivity index (χ1v) is 3.45. The summed E-state index contributed by atoms with van der Waals surface area (Å²) in [4.78, 5) is 0. The van der Waals surface area contributed by atoms with Gasteiger partial charge in [0.15, 0.2) is 0 Å². The van der Waals surface area contributed by atoms with Gasteiger partial charge in [0, 0.05) is 5.88 Å². The number of hydrogen-bond donors (Lipinski definition) is 2. The summed E-state index contributed by atoms with van der Waals surface area (Å²) in [5.41, 5.74) is 3.75. The van der Waals surface area contributed by atoms with Crippen molar-refractivity contribution in [1.29, 1.82) is 0 Å². The number of benzene rings is 1. The van der Waals surface area contributed by atoms with E-state index in [1.165, 1.54) is 0 Å². The molecule has 0 radical (unpaired) electrons. The smallest absolute Gasteiger partial charge is 0.0602 e. The molecule has 54 valence electrons. The van der Waals surface area contributed by atoms with Crippen molar-refractivity contribution in [3.05, 3.63) is 29.8 Å². The quantitative estimate of drug-likeness (QED) is 0.510. The molecule has 1 aromatic carbocycles. The molecule has 0 unspecified atom stereocenters. The maximum absolute atomic E-state index is 8.42. The fraction of sp³-hybridized carbons (Fsp3) is 0.143. The summed E-state index contributed by atoms with van der Waals surface area (Å²) in [5.74, 6) is 0.506. The molecule has 0 spiro atoms. The summed E-state index contributed by atoms with van der Waals surface area (Å²) in [7, 11) is 0. The molecule has 0 heterocycles. The molecule has 2 nitrogen and oxygen atoms in total. The van der Waals surface area contributed by atoms with Crippen molar-refractivity contribution in [2.24, 2.45) is 0 Å². The monoisotopic (exact) mass is 157 g/mol. The Kier molecular flexibility index (Phi) is 2.54. The SMILES string of the molecule is ONc1ccc(CCl)cc1. The number of alkyl halides is 1. The fourth-order valence-corrected chi connectivity index (χ4v) is 0.847. The van der Waals surface area contributed by atoms with Gasteiger partial charge in [-0.1, -0.05) is 12.1 Å². The molecule has 10 heavy (non-hydrogen) atoms. The molecule has 2 N–H and O–H groups in total. The lowest BCUT2D eigenvalue weighted by atomic mass is 10.2. The summed E-state index contributed by atoms with van der Waals surface area (Å²) < 4.78 is 0. The van der Waals surface area contributed by atoms with Crippen LogP contribution in [0.2, 0.25) is 0 Å². The highest BCUT2D eigenvalue weighted by Gasteiger charge is 1.89. The van der Waals surface area contributed by atoms with Gasteiger partial charge in [-0.15, -0.1) is 11.6 Å². The van der Waals surface area contributed by atoms with E-state index in [1.54, 1.807) is 12.1 Å². The van der Waals surface area contributed by atoms with Crippen LogP contribution in [0.5, 0.6) is 0 Å². The van der Waals surface area contributed by atoms with E-state index in [0.29, 0.717) is 11.6 Å². The first-order valence-electron chi connectivity index (χ1n) is 2.92. The van der Waals surface area contributed by atoms with Crippen LogP contribution in [0.3, 0.4) is 0 Å². The average Bonchev–Trinajstić information content (AvgIpc) is 2.05. The number of anilines is 1. The molecule has 1 aromatic rings. The van der Waals surface area contributed by atoms with E-state index < -0.39 is 0 Å². The molecule has 1 rings (SSSR count). The Labute approximate surface area is 64.4 Å². The van der Waals surface area contributed by atoms with E-state index in [4.69, 9.17) is 16.8 Å². The van der Waals surface area contributed by atoms with Crippen molar-refractivity contribution in [3.8, 4) is 0 Å². The average molecular weight is 158 g/mol. The predicted molar refractivity (Wildman–Crippen MR) is 41.4 cm³/mol. The van der Waals surface area contributed by atoms with Gasteiger partial charge in [-0.25, -0.2) is 0 Å². The number of rotatable bonds is 2. The molecule has 0 saturated carbocycles. The summed E-state index contributed by atoms with van der Waals surface area (Å²) in [6, 6.07) is 7.23. The van der Waals surface area contributed by atoms with Crippen molar-refractivity contribution >= 4 is 17.3 Å². The molecule has 0 aliphatic heterocycles. The minimum Gasteiger partial charge on any atom is -0.291 e. The van der Waals surface area contributed by atoms with Gasteiger partial charge in [-0.3, -0.25) is 10.7 Å². The van der Waals surface area contributed by atoms with Gasteiger partial charge < -0.3 is 0 Å². The van der Waals surface area contributed by atoms with Gasteiger partial charge in [0.1, 0.15) is 0 Å². The second-order valence-electron chi connectivity index (χ2n) is 1.94. The third-order valence-electron chi connectivity index (χ3n) is 1.24. The summed E-state index contributed by atoms with van der Waals surface area (Å²) in [5, 5.41) is 8.42. The third kappa shape index (κ3) is 1.62. The van der Waals surface area contributed by atoms with Crippen LogP contribution in [0.1, 0.15) is 5.56 Å². The molecule has 0 aromatic heterocycles. The van der Waals surface area contributed by atoms with E-state index in [0.717, 1.165) is 5.56 Å². The first kappa shape index (κ1) is 7.38. The van der Waals surface area contributed by atoms with Crippen LogP contribution in [0.15, 0.2) is 24.3 Å². The van der Waals surface area contributed by atoms with Gasteiger partial charge in [0.2, 0.25) is 0 Å². The lowest BCUT2D eigenvalue weighted by Crippen LogP contribution is -1.88. The van der Waals surface area contributed by atoms with Crippen molar-refractivity contribution in [3.63, 3.8) is 0 Å². The predicted octanol–water partition coefficient (Wildman–Crippen LogP) is 2.23. The van der Waals surface area contributed by atoms with E-state index in [2.05, 4.69) is 0 Å². The maximum atomic E-state index is 8.42. The maximum Gasteiger partial charge on any atom is 0.0602 e. The van der Waals surface area contributed by atoms with Gasteiger partial charge in [0.05, 0.1) is 5.69 Å². The van der Waals surface area contributed by atoms with E-state index in [-0.39, 0.29) is 0 Å². The Balaban J connectivity index is 2.80. The minimum atomic E-state index is 0.506. The fourth-order valence-electron chi connectivity index (χ4n) is 0.668. The zero-order chi connectivity index (χ0) is 7.40. The normalized spacial score (nSPS) is 9.40. The van der Waals surface area contributed by atoms with Crippen molar-refractivity contribution in [2.75, 3.05) is 5.48 Å². The minimum absolute atomic E-state index is 0.506. The summed E-state index contributed by atoms with van der Waals surface area (Å²) >= 11 is 5.54. The van der Waals surface area contributed by atoms with Gasteiger partial charge in [0.25, 0.3) is 0 Å². The van der Waals surface area contributed by atoms with Crippen molar-refractivity contribution in [1.82, 2.24) is 0 Å². The molecule has 0 bridgehead atoms. The van der Waals surface area contributed by atoms with Crippen molar-refractivity contribution in [2.45, 2.75) is 5.88 Å². The Bertz CT molecular complexity index is 174. The van der Waals surface area contributed by atoms with Crippen LogP contribution in [-0.2, 0) is 5.88 Å². The molecule has 0 aliphatic carbocycles. The highest BCUT2D eigenvalue weighted by molar-refractivity contribution is 6.17. The second-order valence-corrected chi connectivity index (χ2v) is 2.21. The Morgan fingerprint density at radius 2 is 1.90 bits per heavy atom. The van der Waals surface area contributed by atoms with Gasteiger partial charge in [-0.2, -0.15) is 0 Å². The van der Waals surface area contributed by atoms with Crippen LogP contribution < -0.4 is 5.48 Å². The number of halogens is 1. The van der Waals surface area contributed by atoms with E-state index in [1.807, 2.05) is 17.6 Å². The van der Waals surface area contributed by atoms with Crippen molar-refractivity contribution < 1.29 is 5.21 Å². The molecular formula is C7H8ClNO. The standard InChI is InChI=1S/C7H8ClNO/c8-5-6-1-3-7(9-10)4-2-6/h1-4,9-10H,5H2. The Morgan fingerprint density at radius 3 is 2.30 bits per heavy atom. The lowest BCUT2D eigenvalue weighted by molar-refractivity contribution is 0.389. The molecule has 3 heteroatoms. The molecule has 0 amide bonds. The summed E-state index contributed by atoms with van der Waals surface area (Å²) in [6.07, 6.45) is 0. The second kappa shape index (κ2) is 3.44. The van der Waals surface area contributed by atoms with Crippen LogP contribution in [0.4, 0.5) is 5.69 Å². The van der Waals surface area contributed by atoms with E-state index >= 15 is 0 Å². The summed E-state index contributed by atoms with van der Waals surface area (Å²) in [6.45, 7) is 0. The molecular weight excluding hydrogens is 150 g/mol. The molecule has 0 atom stereocenters. The number of nitrogens with one attached hydrogen (secondary N) is 1. The van der Waals surface area contributed by atoms with Gasteiger partial charge in [-0.05, 0) is 17.7 Å². The third-order valence-corrected chi connectivity index (χ3v) is 1.55. The highest BCUT2D eigenvalue weighted by Crippen LogP contribution is 2.09. The largest absolute Gasteiger partial charge is 0.291 e. The molecule has 0 saturated heterocycles. The Morgan fingerprint density at radius 1 is 1.30 bits per heavy atom. The topological polar surface area (TPSA) is 32.3 Å². The number of hydrogen-bond acceptors (Lipinski definition) is 2. The Hall–Kier alpha value is -0.730. The van der Waals surface area contributed by atoms with E-state index in [9.17, 15) is 0 Å². The molecule has 0 aliphatic rings. The van der Waals surface area contributed by atoms with Crippen LogP contribution in [0, 0.1) is 0 Å². The zero-order valence-corrected chi connectivity index (χ0v) is 6.10. The van der Waals surface area contributed by atoms with Gasteiger partial charge >= 0.3 is 0 Å². The zero-order valence-electron chi connectivity index (χ0n) is 5.34. The highest BCUT2D eigenvalue weighted by atomic mass is 35.5. The van der Waals surface area contributed by atoms with Crippen LogP contribution >= 0.6 is 11.6 Å². The molecule has 0 fully saturated rings.